The van der Waals surface area contributed by atoms with Gasteiger partial charge in [-0.1, -0.05) is 53.5 Å². The van der Waals surface area contributed by atoms with Crippen molar-refractivity contribution < 1.29 is 0 Å². The van der Waals surface area contributed by atoms with Crippen molar-refractivity contribution in [2.24, 2.45) is 0 Å². The molecular formula is C15H9Cl2NO. The first-order valence-corrected chi connectivity index (χ1v) is 6.49. The first kappa shape index (κ1) is 12.3. The molecule has 0 unspecified atom stereocenters. The molecule has 2 aromatic carbocycles. The van der Waals surface area contributed by atoms with E-state index in [1.54, 1.807) is 18.2 Å². The topological polar surface area (TPSA) is 32.9 Å². The molecule has 0 aliphatic carbocycles. The minimum Gasteiger partial charge on any atom is -0.353 e. The van der Waals surface area contributed by atoms with Crippen LogP contribution in [0, 0.1) is 0 Å². The standard InChI is InChI=1S/C15H9Cl2NO/c16-10-6-7-12-11(8-10)15(19)13(17)14(18-12)9-4-2-1-3-5-9/h1-8H,(H,18,19). The summed E-state index contributed by atoms with van der Waals surface area (Å²) in [7, 11) is 0. The van der Waals surface area contributed by atoms with Gasteiger partial charge in [-0.05, 0) is 23.8 Å². The molecule has 2 nitrogen and oxygen atoms in total. The van der Waals surface area contributed by atoms with E-state index in [1.807, 2.05) is 30.3 Å². The van der Waals surface area contributed by atoms with Crippen LogP contribution in [0.3, 0.4) is 0 Å². The van der Waals surface area contributed by atoms with Gasteiger partial charge in [-0.2, -0.15) is 0 Å². The third-order valence-corrected chi connectivity index (χ3v) is 3.56. The van der Waals surface area contributed by atoms with Gasteiger partial charge in [0.1, 0.15) is 5.02 Å². The summed E-state index contributed by atoms with van der Waals surface area (Å²) in [6, 6.07) is 14.7. The lowest BCUT2D eigenvalue weighted by molar-refractivity contribution is 1.38. The van der Waals surface area contributed by atoms with E-state index in [0.717, 1.165) is 11.1 Å². The number of aromatic nitrogens is 1. The highest BCUT2D eigenvalue weighted by molar-refractivity contribution is 6.34. The zero-order valence-electron chi connectivity index (χ0n) is 9.78. The summed E-state index contributed by atoms with van der Waals surface area (Å²) in [5, 5.41) is 1.19. The fourth-order valence-corrected chi connectivity index (χ4v) is 2.47. The molecule has 0 bridgehead atoms. The average Bonchev–Trinajstić information content (AvgIpc) is 2.44. The van der Waals surface area contributed by atoms with E-state index in [-0.39, 0.29) is 10.5 Å². The largest absolute Gasteiger partial charge is 0.353 e. The van der Waals surface area contributed by atoms with Gasteiger partial charge < -0.3 is 4.98 Å². The number of nitrogens with one attached hydrogen (secondary N) is 1. The highest BCUT2D eigenvalue weighted by Gasteiger charge is 2.11. The molecule has 0 spiro atoms. The van der Waals surface area contributed by atoms with Crippen LogP contribution in [0.5, 0.6) is 0 Å². The van der Waals surface area contributed by atoms with Crippen molar-refractivity contribution in [1.82, 2.24) is 4.98 Å². The molecule has 3 rings (SSSR count). The van der Waals surface area contributed by atoms with Crippen LogP contribution in [0.15, 0.2) is 53.3 Å². The quantitative estimate of drug-likeness (QED) is 0.703. The molecule has 0 saturated heterocycles. The zero-order chi connectivity index (χ0) is 13.4. The summed E-state index contributed by atoms with van der Waals surface area (Å²) in [6.07, 6.45) is 0. The van der Waals surface area contributed by atoms with Crippen molar-refractivity contribution >= 4 is 34.1 Å². The third-order valence-electron chi connectivity index (χ3n) is 2.97. The van der Waals surface area contributed by atoms with Crippen LogP contribution in [-0.4, -0.2) is 4.98 Å². The van der Waals surface area contributed by atoms with Gasteiger partial charge in [0.05, 0.1) is 5.69 Å². The molecule has 0 radical (unpaired) electrons. The van der Waals surface area contributed by atoms with Crippen molar-refractivity contribution in [3.8, 4) is 11.3 Å². The van der Waals surface area contributed by atoms with Crippen molar-refractivity contribution in [1.29, 1.82) is 0 Å². The Labute approximate surface area is 119 Å². The number of H-pyrrole nitrogens is 1. The maximum absolute atomic E-state index is 12.3. The second kappa shape index (κ2) is 4.72. The van der Waals surface area contributed by atoms with Gasteiger partial charge in [-0.25, -0.2) is 0 Å². The number of halogens is 2. The van der Waals surface area contributed by atoms with E-state index in [1.165, 1.54) is 0 Å². The number of hydrogen-bond donors (Lipinski definition) is 1. The van der Waals surface area contributed by atoms with Gasteiger partial charge in [0, 0.05) is 15.9 Å². The number of fused-ring (bicyclic) bond motifs is 1. The van der Waals surface area contributed by atoms with Crippen molar-refractivity contribution in [2.45, 2.75) is 0 Å². The predicted molar refractivity (Wildman–Crippen MR) is 80.0 cm³/mol. The number of hydrogen-bond acceptors (Lipinski definition) is 1. The highest BCUT2D eigenvalue weighted by Crippen LogP contribution is 2.26. The van der Waals surface area contributed by atoms with Crippen LogP contribution in [-0.2, 0) is 0 Å². The van der Waals surface area contributed by atoms with Crippen molar-refractivity contribution in [3.63, 3.8) is 0 Å². The molecule has 0 aliphatic heterocycles. The van der Waals surface area contributed by atoms with Crippen LogP contribution in [0.2, 0.25) is 10.0 Å². The van der Waals surface area contributed by atoms with E-state index >= 15 is 0 Å². The second-order valence-electron chi connectivity index (χ2n) is 4.20. The Morgan fingerprint density at radius 3 is 2.42 bits per heavy atom. The maximum Gasteiger partial charge on any atom is 0.208 e. The summed E-state index contributed by atoms with van der Waals surface area (Å²) in [6.45, 7) is 0. The lowest BCUT2D eigenvalue weighted by Crippen LogP contribution is -2.06. The molecule has 4 heteroatoms. The summed E-state index contributed by atoms with van der Waals surface area (Å²) >= 11 is 12.1. The predicted octanol–water partition coefficient (Wildman–Crippen LogP) is 4.50. The molecular weight excluding hydrogens is 281 g/mol. The molecule has 94 valence electrons. The zero-order valence-corrected chi connectivity index (χ0v) is 11.3. The third kappa shape index (κ3) is 2.14. The maximum atomic E-state index is 12.3. The molecule has 0 fully saturated rings. The van der Waals surface area contributed by atoms with Crippen LogP contribution >= 0.6 is 23.2 Å². The first-order valence-electron chi connectivity index (χ1n) is 5.73. The molecule has 0 atom stereocenters. The Kier molecular flexibility index (Phi) is 3.05. The van der Waals surface area contributed by atoms with E-state index < -0.39 is 0 Å². The van der Waals surface area contributed by atoms with Crippen molar-refractivity contribution in [3.05, 3.63) is 68.8 Å². The van der Waals surface area contributed by atoms with E-state index in [4.69, 9.17) is 23.2 Å². The number of rotatable bonds is 1. The lowest BCUT2D eigenvalue weighted by Gasteiger charge is -2.07. The Bertz CT molecular complexity index is 809. The first-order chi connectivity index (χ1) is 9.16. The molecule has 0 saturated carbocycles. The Balaban J connectivity index is 2.37. The monoisotopic (exact) mass is 289 g/mol. The van der Waals surface area contributed by atoms with Crippen LogP contribution in [0.25, 0.3) is 22.2 Å². The summed E-state index contributed by atoms with van der Waals surface area (Å²) in [4.78, 5) is 15.5. The van der Waals surface area contributed by atoms with Gasteiger partial charge >= 0.3 is 0 Å². The van der Waals surface area contributed by atoms with Gasteiger partial charge in [0.2, 0.25) is 5.43 Å². The molecule has 1 heterocycles. The Hall–Kier alpha value is -1.77. The number of pyridine rings is 1. The molecule has 0 amide bonds. The molecule has 3 aromatic rings. The molecule has 0 aliphatic rings. The minimum atomic E-state index is -0.211. The van der Waals surface area contributed by atoms with Gasteiger partial charge in [0.15, 0.2) is 0 Å². The van der Waals surface area contributed by atoms with Crippen molar-refractivity contribution in [2.75, 3.05) is 0 Å². The smallest absolute Gasteiger partial charge is 0.208 e. The van der Waals surface area contributed by atoms with Gasteiger partial charge in [-0.15, -0.1) is 0 Å². The van der Waals surface area contributed by atoms with E-state index in [9.17, 15) is 4.79 Å². The van der Waals surface area contributed by atoms with E-state index in [0.29, 0.717) is 16.1 Å². The van der Waals surface area contributed by atoms with Crippen LogP contribution < -0.4 is 5.43 Å². The number of aromatic amines is 1. The Morgan fingerprint density at radius 1 is 0.947 bits per heavy atom. The average molecular weight is 290 g/mol. The molecule has 1 N–H and O–H groups in total. The van der Waals surface area contributed by atoms with Gasteiger partial charge in [0.25, 0.3) is 0 Å². The van der Waals surface area contributed by atoms with E-state index in [2.05, 4.69) is 4.98 Å². The minimum absolute atomic E-state index is 0.181. The summed E-state index contributed by atoms with van der Waals surface area (Å²) in [5.74, 6) is 0. The second-order valence-corrected chi connectivity index (χ2v) is 5.01. The highest BCUT2D eigenvalue weighted by atomic mass is 35.5. The fourth-order valence-electron chi connectivity index (χ4n) is 2.04. The fraction of sp³-hybridized carbons (Fsp3) is 0. The Morgan fingerprint density at radius 2 is 1.68 bits per heavy atom. The molecule has 19 heavy (non-hydrogen) atoms. The number of benzene rings is 2. The van der Waals surface area contributed by atoms with Crippen LogP contribution in [0.1, 0.15) is 0 Å². The lowest BCUT2D eigenvalue weighted by atomic mass is 10.1. The van der Waals surface area contributed by atoms with Crippen LogP contribution in [0.4, 0.5) is 0 Å². The SMILES string of the molecule is O=c1c(Cl)c(-c2ccccc2)[nH]c2ccc(Cl)cc12. The summed E-state index contributed by atoms with van der Waals surface area (Å²) < 4.78 is 0. The summed E-state index contributed by atoms with van der Waals surface area (Å²) in [5.41, 5.74) is 2.01. The normalized spacial score (nSPS) is 10.8. The van der Waals surface area contributed by atoms with Gasteiger partial charge in [-0.3, -0.25) is 4.79 Å². The molecule has 1 aromatic heterocycles.